The topological polar surface area (TPSA) is 0 Å². The normalized spacial score (nSPS) is 16.9. The molecule has 2 rings (SSSR count). The molecule has 0 aliphatic heterocycles. The second kappa shape index (κ2) is 20.8. The van der Waals surface area contributed by atoms with Crippen LogP contribution in [0.5, 0.6) is 0 Å². The maximum atomic E-state index is 3.60. The van der Waals surface area contributed by atoms with E-state index < -0.39 is 0 Å². The summed E-state index contributed by atoms with van der Waals surface area (Å²) < 4.78 is 0. The molecule has 2 radical (unpaired) electrons. The maximum Gasteiger partial charge on any atom is 0.0125 e. The van der Waals surface area contributed by atoms with Gasteiger partial charge in [-0.15, -0.1) is 0 Å². The molecule has 0 spiro atoms. The molecule has 2 aliphatic rings. The average Bonchev–Trinajstić information content (AvgIpc) is 2.43. The van der Waals surface area contributed by atoms with Gasteiger partial charge in [0, 0.05) is 53.7 Å². The van der Waals surface area contributed by atoms with Gasteiger partial charge in [0.2, 0.25) is 0 Å². The van der Waals surface area contributed by atoms with Crippen molar-refractivity contribution in [3.05, 3.63) is 110 Å². The van der Waals surface area contributed by atoms with Crippen LogP contribution in [0.15, 0.2) is 97.2 Å². The van der Waals surface area contributed by atoms with Crippen molar-refractivity contribution in [3.8, 4) is 0 Å². The first kappa shape index (κ1) is 29.8. The van der Waals surface area contributed by atoms with E-state index in [0.717, 1.165) is 0 Å². The van der Waals surface area contributed by atoms with Gasteiger partial charge in [0.1, 0.15) is 0 Å². The molecular formula is C18H18Cl2Pd2-2. The number of hydrogen-bond acceptors (Lipinski definition) is 0. The number of allylic oxidation sites excluding steroid dienone is 14. The first-order valence-electron chi connectivity index (χ1n) is 5.88. The Balaban J connectivity index is -0.000000125. The van der Waals surface area contributed by atoms with Crippen molar-refractivity contribution >= 4 is 0 Å². The molecule has 0 fully saturated rings. The summed E-state index contributed by atoms with van der Waals surface area (Å²) in [4.78, 5) is 0. The molecule has 0 aromatic heterocycles. The van der Waals surface area contributed by atoms with Gasteiger partial charge in [0.25, 0.3) is 0 Å². The van der Waals surface area contributed by atoms with E-state index >= 15 is 0 Å². The number of rotatable bonds is 2. The molecule has 0 saturated carbocycles. The molecule has 0 N–H and O–H groups in total. The fourth-order valence-electron chi connectivity index (χ4n) is 1.40. The van der Waals surface area contributed by atoms with Gasteiger partial charge in [-0.3, -0.25) is 0 Å². The van der Waals surface area contributed by atoms with Gasteiger partial charge in [-0.05, 0) is 11.1 Å². The van der Waals surface area contributed by atoms with E-state index in [-0.39, 0.29) is 65.7 Å². The Morgan fingerprint density at radius 1 is 0.591 bits per heavy atom. The van der Waals surface area contributed by atoms with Gasteiger partial charge in [-0.2, -0.15) is 0 Å². The van der Waals surface area contributed by atoms with E-state index in [9.17, 15) is 0 Å². The van der Waals surface area contributed by atoms with Crippen LogP contribution in [0.1, 0.15) is 0 Å². The Labute approximate surface area is 174 Å². The molecule has 0 atom stereocenters. The summed E-state index contributed by atoms with van der Waals surface area (Å²) >= 11 is 0. The SMILES string of the molecule is C=CC=C1[CH]C=CC=C1.C=CC=C1[CH]C=CC=C1.[Cl-].[Cl-].[Pd].[Pd]. The zero-order valence-corrected chi connectivity index (χ0v) is 16.5. The average molecular weight is 518 g/mol. The summed E-state index contributed by atoms with van der Waals surface area (Å²) in [7, 11) is 0. The first-order valence-corrected chi connectivity index (χ1v) is 5.88. The second-order valence-corrected chi connectivity index (χ2v) is 3.63. The van der Waals surface area contributed by atoms with Crippen molar-refractivity contribution in [1.82, 2.24) is 0 Å². The predicted molar refractivity (Wildman–Crippen MR) is 81.7 cm³/mol. The zero-order chi connectivity index (χ0) is 13.1. The van der Waals surface area contributed by atoms with Gasteiger partial charge >= 0.3 is 0 Å². The fourth-order valence-corrected chi connectivity index (χ4v) is 1.40. The largest absolute Gasteiger partial charge is 1.00 e. The number of hydrogen-bond donors (Lipinski definition) is 0. The van der Waals surface area contributed by atoms with E-state index in [1.807, 2.05) is 73.6 Å². The van der Waals surface area contributed by atoms with Crippen LogP contribution >= 0.6 is 0 Å². The van der Waals surface area contributed by atoms with Crippen molar-refractivity contribution in [2.24, 2.45) is 0 Å². The Morgan fingerprint density at radius 2 is 0.955 bits per heavy atom. The van der Waals surface area contributed by atoms with Crippen molar-refractivity contribution in [2.45, 2.75) is 0 Å². The maximum absolute atomic E-state index is 3.60. The Bertz CT molecular complexity index is 423. The van der Waals surface area contributed by atoms with Crippen LogP contribution in [0.3, 0.4) is 0 Å². The third kappa shape index (κ3) is 14.7. The molecule has 0 aromatic rings. The monoisotopic (exact) mass is 516 g/mol. The molecule has 22 heavy (non-hydrogen) atoms. The van der Waals surface area contributed by atoms with Crippen molar-refractivity contribution in [3.63, 3.8) is 0 Å². The smallest absolute Gasteiger partial charge is 0.0125 e. The molecule has 0 nitrogen and oxygen atoms in total. The van der Waals surface area contributed by atoms with Crippen LogP contribution in [-0.4, -0.2) is 0 Å². The summed E-state index contributed by atoms with van der Waals surface area (Å²) in [6, 6.07) is 0. The molecule has 126 valence electrons. The van der Waals surface area contributed by atoms with Crippen molar-refractivity contribution in [1.29, 1.82) is 0 Å². The summed E-state index contributed by atoms with van der Waals surface area (Å²) in [5, 5.41) is 0. The minimum Gasteiger partial charge on any atom is -1.00 e. The first-order chi connectivity index (χ1) is 8.86. The fraction of sp³-hybridized carbons (Fsp3) is 0. The van der Waals surface area contributed by atoms with Crippen molar-refractivity contribution in [2.75, 3.05) is 0 Å². The van der Waals surface area contributed by atoms with E-state index in [2.05, 4.69) is 13.2 Å². The van der Waals surface area contributed by atoms with Crippen LogP contribution in [0.2, 0.25) is 0 Å². The zero-order valence-electron chi connectivity index (χ0n) is 11.9. The van der Waals surface area contributed by atoms with E-state index in [1.165, 1.54) is 11.1 Å². The Kier molecular flexibility index (Phi) is 28.2. The molecule has 0 amide bonds. The number of halogens is 2. The predicted octanol–water partition coefficient (Wildman–Crippen LogP) is -1.14. The third-order valence-corrected chi connectivity index (χ3v) is 2.22. The molecular weight excluding hydrogens is 500 g/mol. The summed E-state index contributed by atoms with van der Waals surface area (Å²) in [6.07, 6.45) is 27.7. The molecule has 0 bridgehead atoms. The molecule has 4 heteroatoms. The summed E-state index contributed by atoms with van der Waals surface area (Å²) in [6.45, 7) is 7.20. The van der Waals surface area contributed by atoms with Crippen LogP contribution < -0.4 is 24.8 Å². The summed E-state index contributed by atoms with van der Waals surface area (Å²) in [5.41, 5.74) is 2.40. The van der Waals surface area contributed by atoms with Crippen LogP contribution in [-0.2, 0) is 40.8 Å². The van der Waals surface area contributed by atoms with E-state index in [0.29, 0.717) is 0 Å². The molecule has 2 aliphatic carbocycles. The van der Waals surface area contributed by atoms with Crippen LogP contribution in [0.25, 0.3) is 0 Å². The van der Waals surface area contributed by atoms with E-state index in [4.69, 9.17) is 0 Å². The molecule has 0 unspecified atom stereocenters. The molecule has 0 saturated heterocycles. The molecule has 0 heterocycles. The van der Waals surface area contributed by atoms with Gasteiger partial charge < -0.3 is 24.8 Å². The minimum absolute atomic E-state index is 0. The third-order valence-electron chi connectivity index (χ3n) is 2.22. The standard InChI is InChI=1S/2C9H9.2ClH.2Pd/c2*1-2-6-9-7-4-3-5-8-9;;;;/h2*2-8H,1H2;2*1H;;/p-2. The second-order valence-electron chi connectivity index (χ2n) is 3.63. The Hall–Kier alpha value is -0.175. The van der Waals surface area contributed by atoms with Gasteiger partial charge in [-0.1, -0.05) is 86.1 Å². The van der Waals surface area contributed by atoms with Gasteiger partial charge in [-0.25, -0.2) is 0 Å². The quantitative estimate of drug-likeness (QED) is 0.406. The Morgan fingerprint density at radius 3 is 1.18 bits per heavy atom. The van der Waals surface area contributed by atoms with Crippen molar-refractivity contribution < 1.29 is 65.7 Å². The molecule has 0 aromatic carbocycles. The van der Waals surface area contributed by atoms with Crippen LogP contribution in [0.4, 0.5) is 0 Å². The van der Waals surface area contributed by atoms with Gasteiger partial charge in [0.05, 0.1) is 0 Å². The summed E-state index contributed by atoms with van der Waals surface area (Å²) in [5.74, 6) is 0. The minimum atomic E-state index is 0. The van der Waals surface area contributed by atoms with E-state index in [1.54, 1.807) is 12.2 Å². The van der Waals surface area contributed by atoms with Crippen LogP contribution in [0, 0.1) is 12.8 Å². The van der Waals surface area contributed by atoms with Gasteiger partial charge in [0.15, 0.2) is 0 Å².